The Bertz CT molecular complexity index is 729. The number of hydrogen-bond acceptors (Lipinski definition) is 5. The number of pyridine rings is 1. The summed E-state index contributed by atoms with van der Waals surface area (Å²) in [5.74, 6) is -0.587. The molecule has 1 aromatic carbocycles. The predicted octanol–water partition coefficient (Wildman–Crippen LogP) is 3.53. The summed E-state index contributed by atoms with van der Waals surface area (Å²) >= 11 is 0. The van der Waals surface area contributed by atoms with Gasteiger partial charge in [0.05, 0.1) is 29.7 Å². The van der Waals surface area contributed by atoms with E-state index in [0.29, 0.717) is 29.2 Å². The molecule has 132 valence electrons. The highest BCUT2D eigenvalue weighted by molar-refractivity contribution is 5.96. The maximum absolute atomic E-state index is 12.0. The van der Waals surface area contributed by atoms with Crippen molar-refractivity contribution >= 4 is 23.3 Å². The number of carbonyl (C=O) groups is 2. The van der Waals surface area contributed by atoms with Gasteiger partial charge in [0, 0.05) is 6.04 Å². The highest BCUT2D eigenvalue weighted by Gasteiger charge is 2.13. The molecule has 0 spiro atoms. The van der Waals surface area contributed by atoms with Crippen LogP contribution in [0.15, 0.2) is 42.6 Å². The fourth-order valence-corrected chi connectivity index (χ4v) is 2.14. The fourth-order valence-electron chi connectivity index (χ4n) is 2.14. The van der Waals surface area contributed by atoms with Crippen molar-refractivity contribution in [1.29, 1.82) is 0 Å². The number of hydrogen-bond donors (Lipinski definition) is 2. The maximum Gasteiger partial charge on any atom is 0.340 e. The first-order chi connectivity index (χ1) is 12.0. The van der Waals surface area contributed by atoms with E-state index in [0.717, 1.165) is 6.42 Å². The SMILES string of the molecule is CCOC(=O)c1ccccc1Nc1ccc(C(=O)NC(C)CC)nc1. The second-order valence-corrected chi connectivity index (χ2v) is 5.61. The van der Waals surface area contributed by atoms with E-state index in [2.05, 4.69) is 15.6 Å². The molecule has 1 aromatic heterocycles. The van der Waals surface area contributed by atoms with Gasteiger partial charge in [-0.25, -0.2) is 9.78 Å². The fraction of sp³-hybridized carbons (Fsp3) is 0.316. The second-order valence-electron chi connectivity index (χ2n) is 5.61. The van der Waals surface area contributed by atoms with E-state index in [1.54, 1.807) is 43.5 Å². The quantitative estimate of drug-likeness (QED) is 0.753. The Hall–Kier alpha value is -2.89. The van der Waals surface area contributed by atoms with Crippen LogP contribution in [0.1, 0.15) is 48.0 Å². The summed E-state index contributed by atoms with van der Waals surface area (Å²) in [6.07, 6.45) is 2.42. The molecule has 0 fully saturated rings. The van der Waals surface area contributed by atoms with Crippen molar-refractivity contribution in [2.45, 2.75) is 33.2 Å². The van der Waals surface area contributed by atoms with Gasteiger partial charge in [-0.2, -0.15) is 0 Å². The van der Waals surface area contributed by atoms with Crippen LogP contribution in [-0.4, -0.2) is 29.5 Å². The monoisotopic (exact) mass is 341 g/mol. The Morgan fingerprint density at radius 3 is 2.56 bits per heavy atom. The van der Waals surface area contributed by atoms with E-state index in [1.165, 1.54) is 0 Å². The summed E-state index contributed by atoms with van der Waals surface area (Å²) in [6, 6.07) is 10.6. The summed E-state index contributed by atoms with van der Waals surface area (Å²) in [6.45, 7) is 6.03. The van der Waals surface area contributed by atoms with Crippen LogP contribution >= 0.6 is 0 Å². The molecule has 2 N–H and O–H groups in total. The number of ether oxygens (including phenoxy) is 1. The molecule has 0 bridgehead atoms. The third-order valence-corrected chi connectivity index (χ3v) is 3.69. The minimum Gasteiger partial charge on any atom is -0.462 e. The molecule has 0 aliphatic rings. The third kappa shape index (κ3) is 5.04. The zero-order chi connectivity index (χ0) is 18.2. The number of rotatable bonds is 7. The Labute approximate surface area is 147 Å². The van der Waals surface area contributed by atoms with Crippen LogP contribution in [0.4, 0.5) is 11.4 Å². The molecule has 2 rings (SSSR count). The topological polar surface area (TPSA) is 80.3 Å². The van der Waals surface area contributed by atoms with E-state index < -0.39 is 0 Å². The molecule has 6 heteroatoms. The van der Waals surface area contributed by atoms with E-state index >= 15 is 0 Å². The van der Waals surface area contributed by atoms with Gasteiger partial charge in [-0.1, -0.05) is 19.1 Å². The molecule has 0 saturated heterocycles. The first-order valence-corrected chi connectivity index (χ1v) is 8.35. The molecule has 1 heterocycles. The first kappa shape index (κ1) is 18.4. The van der Waals surface area contributed by atoms with Crippen LogP contribution in [0.25, 0.3) is 0 Å². The van der Waals surface area contributed by atoms with Gasteiger partial charge in [0.25, 0.3) is 5.91 Å². The number of amides is 1. The van der Waals surface area contributed by atoms with E-state index in [1.807, 2.05) is 19.9 Å². The molecule has 0 radical (unpaired) electrons. The Morgan fingerprint density at radius 1 is 1.16 bits per heavy atom. The number of nitrogens with zero attached hydrogens (tertiary/aromatic N) is 1. The van der Waals surface area contributed by atoms with Crippen molar-refractivity contribution in [1.82, 2.24) is 10.3 Å². The molecule has 1 unspecified atom stereocenters. The molecule has 1 atom stereocenters. The maximum atomic E-state index is 12.0. The zero-order valence-electron chi connectivity index (χ0n) is 14.7. The third-order valence-electron chi connectivity index (χ3n) is 3.69. The van der Waals surface area contributed by atoms with Crippen LogP contribution < -0.4 is 10.6 Å². The smallest absolute Gasteiger partial charge is 0.340 e. The van der Waals surface area contributed by atoms with Crippen LogP contribution in [0, 0.1) is 0 Å². The van der Waals surface area contributed by atoms with Crippen LogP contribution in [0.2, 0.25) is 0 Å². The Kier molecular flexibility index (Phi) is 6.51. The zero-order valence-corrected chi connectivity index (χ0v) is 14.7. The standard InChI is InChI=1S/C19H23N3O3/c1-4-13(3)21-18(23)17-11-10-14(12-20-17)22-16-9-7-6-8-15(16)19(24)25-5-2/h6-13,22H,4-5H2,1-3H3,(H,21,23). The first-order valence-electron chi connectivity index (χ1n) is 8.35. The average molecular weight is 341 g/mol. The molecule has 0 saturated carbocycles. The summed E-state index contributed by atoms with van der Waals surface area (Å²) < 4.78 is 5.06. The lowest BCUT2D eigenvalue weighted by molar-refractivity contribution is 0.0527. The van der Waals surface area contributed by atoms with Gasteiger partial charge in [-0.15, -0.1) is 0 Å². The molecular weight excluding hydrogens is 318 g/mol. The Morgan fingerprint density at radius 2 is 1.92 bits per heavy atom. The van der Waals surface area contributed by atoms with Gasteiger partial charge < -0.3 is 15.4 Å². The minimum absolute atomic E-state index is 0.101. The van der Waals surface area contributed by atoms with Crippen molar-refractivity contribution in [3.8, 4) is 0 Å². The number of carbonyl (C=O) groups excluding carboxylic acids is 2. The number of esters is 1. The highest BCUT2D eigenvalue weighted by Crippen LogP contribution is 2.21. The van der Waals surface area contributed by atoms with Gasteiger partial charge in [0.1, 0.15) is 5.69 Å². The summed E-state index contributed by atoms with van der Waals surface area (Å²) in [5.41, 5.74) is 2.10. The Balaban J connectivity index is 2.12. The van der Waals surface area contributed by atoms with E-state index in [-0.39, 0.29) is 17.9 Å². The molecule has 6 nitrogen and oxygen atoms in total. The van der Waals surface area contributed by atoms with Crippen molar-refractivity contribution in [3.05, 3.63) is 53.9 Å². The van der Waals surface area contributed by atoms with Crippen LogP contribution in [0.3, 0.4) is 0 Å². The largest absolute Gasteiger partial charge is 0.462 e. The predicted molar refractivity (Wildman–Crippen MR) is 97.1 cm³/mol. The van der Waals surface area contributed by atoms with Crippen molar-refractivity contribution in [2.24, 2.45) is 0 Å². The number of para-hydroxylation sites is 1. The van der Waals surface area contributed by atoms with Gasteiger partial charge in [-0.3, -0.25) is 4.79 Å². The molecule has 2 aromatic rings. The van der Waals surface area contributed by atoms with Crippen molar-refractivity contribution in [3.63, 3.8) is 0 Å². The lowest BCUT2D eigenvalue weighted by Crippen LogP contribution is -2.32. The minimum atomic E-state index is -0.386. The van der Waals surface area contributed by atoms with Gasteiger partial charge in [-0.05, 0) is 44.5 Å². The number of benzene rings is 1. The molecule has 25 heavy (non-hydrogen) atoms. The van der Waals surface area contributed by atoms with E-state index in [9.17, 15) is 9.59 Å². The van der Waals surface area contributed by atoms with Gasteiger partial charge >= 0.3 is 5.97 Å². The van der Waals surface area contributed by atoms with Crippen molar-refractivity contribution in [2.75, 3.05) is 11.9 Å². The molecular formula is C19H23N3O3. The molecule has 0 aliphatic heterocycles. The second kappa shape index (κ2) is 8.82. The number of aromatic nitrogens is 1. The van der Waals surface area contributed by atoms with Crippen LogP contribution in [-0.2, 0) is 4.74 Å². The average Bonchev–Trinajstić information content (AvgIpc) is 2.62. The highest BCUT2D eigenvalue weighted by atomic mass is 16.5. The summed E-state index contributed by atoms with van der Waals surface area (Å²) in [4.78, 5) is 28.2. The number of anilines is 2. The normalized spacial score (nSPS) is 11.5. The molecule has 0 aliphatic carbocycles. The lowest BCUT2D eigenvalue weighted by Gasteiger charge is -2.12. The summed E-state index contributed by atoms with van der Waals surface area (Å²) in [5, 5.41) is 6.00. The van der Waals surface area contributed by atoms with Gasteiger partial charge in [0.15, 0.2) is 0 Å². The lowest BCUT2D eigenvalue weighted by atomic mass is 10.1. The number of nitrogens with one attached hydrogen (secondary N) is 2. The van der Waals surface area contributed by atoms with Crippen molar-refractivity contribution < 1.29 is 14.3 Å². The van der Waals surface area contributed by atoms with Crippen LogP contribution in [0.5, 0.6) is 0 Å². The summed E-state index contributed by atoms with van der Waals surface area (Å²) in [7, 11) is 0. The van der Waals surface area contributed by atoms with Gasteiger partial charge in [0.2, 0.25) is 0 Å². The van der Waals surface area contributed by atoms with E-state index in [4.69, 9.17) is 4.74 Å². The molecule has 1 amide bonds.